The Kier molecular flexibility index (Phi) is 61.2. The average molecular weight is 1120 g/mol. The van der Waals surface area contributed by atoms with Gasteiger partial charge in [0.05, 0.1) is 13.2 Å². The first-order valence-corrected chi connectivity index (χ1v) is 33.9. The molecular weight excluding hydrogens is 1000 g/mol. The van der Waals surface area contributed by atoms with Crippen LogP contribution in [0.3, 0.4) is 0 Å². The second kappa shape index (κ2) is 63.8. The van der Waals surface area contributed by atoms with Crippen molar-refractivity contribution < 1.29 is 37.6 Å². The molecule has 454 valence electrons. The number of esters is 2. The molecule has 0 heterocycles. The Labute approximate surface area is 486 Å². The van der Waals surface area contributed by atoms with Crippen LogP contribution in [0.2, 0.25) is 0 Å². The van der Waals surface area contributed by atoms with Crippen molar-refractivity contribution in [3.8, 4) is 0 Å². The van der Waals surface area contributed by atoms with Gasteiger partial charge in [0.25, 0.3) is 0 Å². The van der Waals surface area contributed by atoms with Crippen molar-refractivity contribution in [3.05, 3.63) is 109 Å². The Bertz CT molecular complexity index is 1660. The van der Waals surface area contributed by atoms with Gasteiger partial charge in [-0.15, -0.1) is 0 Å². The third-order valence-corrected chi connectivity index (χ3v) is 14.6. The molecule has 0 amide bonds. The topological polar surface area (TPSA) is 134 Å². The molecule has 0 aliphatic heterocycles. The molecule has 10 heteroatoms. The van der Waals surface area contributed by atoms with Gasteiger partial charge in [-0.3, -0.25) is 18.6 Å². The monoisotopic (exact) mass is 1120 g/mol. The Balaban J connectivity index is 3.82. The van der Waals surface area contributed by atoms with Crippen LogP contribution in [0.25, 0.3) is 0 Å². The SMILES string of the molecule is CC/C=C\C/C=C\C/C=C\C/C=C\C/C=C\CCCCCC(=O)OC(COC(=O)CCCCCCCCCCCCCCCCCCCCCCCCCCCC/C=C\C/C=C\C/C=C\C/C=C\CC)COP(=O)(O)OCCN. The van der Waals surface area contributed by atoms with Crippen molar-refractivity contribution in [2.75, 3.05) is 26.4 Å². The van der Waals surface area contributed by atoms with Gasteiger partial charge < -0.3 is 20.1 Å². The van der Waals surface area contributed by atoms with Gasteiger partial charge in [-0.05, 0) is 96.3 Å². The standard InChI is InChI=1S/C69H120NO8P/c1-3-5-7-9-11-13-15-17-19-21-23-24-25-26-27-28-29-30-31-32-33-34-35-36-37-38-39-40-41-42-44-45-47-49-51-53-55-57-59-61-68(71)75-65-67(66-77-79(73,74)76-64-63-70)78-69(72)62-60-58-56-54-52-50-48-46-43-22-20-18-16-14-12-10-8-6-4-2/h5-8,11-14,17-20,23-24,43,46,50,52,67H,3-4,9-10,15-16,21-22,25-42,44-45,47-49,51,53-66,70H2,1-2H3,(H,73,74)/b7-5-,8-6-,13-11-,14-12-,19-17-,20-18-,24-23-,46-43-,52-50-. The van der Waals surface area contributed by atoms with Crippen LogP contribution in [0.4, 0.5) is 0 Å². The van der Waals surface area contributed by atoms with Gasteiger partial charge in [-0.2, -0.15) is 0 Å². The lowest BCUT2D eigenvalue weighted by Crippen LogP contribution is -2.29. The summed E-state index contributed by atoms with van der Waals surface area (Å²) in [5, 5.41) is 0. The number of ether oxygens (including phenoxy) is 2. The molecule has 0 aromatic heterocycles. The molecule has 3 N–H and O–H groups in total. The van der Waals surface area contributed by atoms with Crippen LogP contribution < -0.4 is 5.73 Å². The molecular formula is C69H120NO8P. The van der Waals surface area contributed by atoms with Crippen LogP contribution in [0, 0.1) is 0 Å². The summed E-state index contributed by atoms with van der Waals surface area (Å²) >= 11 is 0. The number of hydrogen-bond acceptors (Lipinski definition) is 8. The zero-order valence-electron chi connectivity index (χ0n) is 50.8. The van der Waals surface area contributed by atoms with E-state index in [1.807, 2.05) is 0 Å². The Hall–Kier alpha value is -3.33. The van der Waals surface area contributed by atoms with E-state index in [-0.39, 0.29) is 38.6 Å². The second-order valence-corrected chi connectivity index (χ2v) is 22.7. The van der Waals surface area contributed by atoms with Gasteiger partial charge in [0.2, 0.25) is 0 Å². The lowest BCUT2D eigenvalue weighted by molar-refractivity contribution is -0.161. The predicted octanol–water partition coefficient (Wildman–Crippen LogP) is 21.0. The molecule has 0 bridgehead atoms. The number of carbonyl (C=O) groups is 2. The van der Waals surface area contributed by atoms with E-state index in [0.717, 1.165) is 96.3 Å². The molecule has 9 nitrogen and oxygen atoms in total. The van der Waals surface area contributed by atoms with Crippen LogP contribution in [0.15, 0.2) is 109 Å². The maximum absolute atomic E-state index is 12.7. The fraction of sp³-hybridized carbons (Fsp3) is 0.710. The minimum Gasteiger partial charge on any atom is -0.462 e. The molecule has 79 heavy (non-hydrogen) atoms. The molecule has 0 aromatic carbocycles. The molecule has 2 unspecified atom stereocenters. The number of hydrogen-bond donors (Lipinski definition) is 2. The lowest BCUT2D eigenvalue weighted by Gasteiger charge is -2.19. The molecule has 0 saturated heterocycles. The van der Waals surface area contributed by atoms with Gasteiger partial charge in [-0.1, -0.05) is 284 Å². The second-order valence-electron chi connectivity index (χ2n) is 21.2. The van der Waals surface area contributed by atoms with E-state index in [1.54, 1.807) is 0 Å². The molecule has 0 fully saturated rings. The van der Waals surface area contributed by atoms with E-state index < -0.39 is 26.5 Å². The fourth-order valence-electron chi connectivity index (χ4n) is 8.95. The summed E-state index contributed by atoms with van der Waals surface area (Å²) in [6.45, 7) is 3.49. The summed E-state index contributed by atoms with van der Waals surface area (Å²) in [7, 11) is -4.40. The summed E-state index contributed by atoms with van der Waals surface area (Å²) in [5.41, 5.74) is 5.38. The molecule has 0 spiro atoms. The Morgan fingerprint density at radius 2 is 0.658 bits per heavy atom. The highest BCUT2D eigenvalue weighted by Crippen LogP contribution is 2.43. The van der Waals surface area contributed by atoms with Crippen molar-refractivity contribution in [2.45, 2.75) is 290 Å². The zero-order chi connectivity index (χ0) is 57.3. The summed E-state index contributed by atoms with van der Waals surface area (Å²) in [5.74, 6) is -0.861. The highest BCUT2D eigenvalue weighted by molar-refractivity contribution is 7.47. The van der Waals surface area contributed by atoms with Crippen molar-refractivity contribution in [1.82, 2.24) is 0 Å². The number of unbranched alkanes of at least 4 members (excludes halogenated alkanes) is 29. The lowest BCUT2D eigenvalue weighted by atomic mass is 10.0. The van der Waals surface area contributed by atoms with Crippen molar-refractivity contribution in [2.24, 2.45) is 5.73 Å². The number of phosphoric ester groups is 1. The summed E-state index contributed by atoms with van der Waals surface area (Å²) in [6, 6.07) is 0. The number of carbonyl (C=O) groups excluding carboxylic acids is 2. The van der Waals surface area contributed by atoms with Crippen LogP contribution >= 0.6 is 7.82 Å². The Morgan fingerprint density at radius 1 is 0.380 bits per heavy atom. The molecule has 0 aliphatic rings. The molecule has 0 aliphatic carbocycles. The third kappa shape index (κ3) is 63.7. The van der Waals surface area contributed by atoms with Crippen molar-refractivity contribution in [3.63, 3.8) is 0 Å². The number of allylic oxidation sites excluding steroid dienone is 18. The largest absolute Gasteiger partial charge is 0.472 e. The van der Waals surface area contributed by atoms with Gasteiger partial charge >= 0.3 is 19.8 Å². The van der Waals surface area contributed by atoms with Crippen LogP contribution in [0.5, 0.6) is 0 Å². The van der Waals surface area contributed by atoms with Gasteiger partial charge in [0.15, 0.2) is 6.10 Å². The fourth-order valence-corrected chi connectivity index (χ4v) is 9.72. The zero-order valence-corrected chi connectivity index (χ0v) is 51.7. The van der Waals surface area contributed by atoms with E-state index in [0.29, 0.717) is 6.42 Å². The normalized spacial score (nSPS) is 13.7. The molecule has 0 radical (unpaired) electrons. The van der Waals surface area contributed by atoms with Crippen LogP contribution in [-0.4, -0.2) is 49.3 Å². The number of nitrogens with two attached hydrogens (primary N) is 1. The van der Waals surface area contributed by atoms with E-state index >= 15 is 0 Å². The summed E-state index contributed by atoms with van der Waals surface area (Å²) < 4.78 is 33.0. The average Bonchev–Trinajstić information content (AvgIpc) is 3.44. The maximum atomic E-state index is 12.7. The number of phosphoric acid groups is 1. The number of rotatable bonds is 60. The smallest absolute Gasteiger partial charge is 0.462 e. The summed E-state index contributed by atoms with van der Waals surface area (Å²) in [6.07, 6.45) is 87.6. The van der Waals surface area contributed by atoms with Crippen LogP contribution in [-0.2, 0) is 32.7 Å². The van der Waals surface area contributed by atoms with Crippen molar-refractivity contribution in [1.29, 1.82) is 0 Å². The van der Waals surface area contributed by atoms with E-state index in [2.05, 4.69) is 123 Å². The quantitative estimate of drug-likeness (QED) is 0.0264. The van der Waals surface area contributed by atoms with E-state index in [1.165, 1.54) is 154 Å². The van der Waals surface area contributed by atoms with E-state index in [9.17, 15) is 19.0 Å². The van der Waals surface area contributed by atoms with Gasteiger partial charge in [-0.25, -0.2) is 4.57 Å². The minimum absolute atomic E-state index is 0.0443. The predicted molar refractivity (Wildman–Crippen MR) is 339 cm³/mol. The first kappa shape index (κ1) is 75.7. The minimum atomic E-state index is -4.40. The maximum Gasteiger partial charge on any atom is 0.472 e. The summed E-state index contributed by atoms with van der Waals surface area (Å²) in [4.78, 5) is 35.2. The Morgan fingerprint density at radius 3 is 0.987 bits per heavy atom. The highest BCUT2D eigenvalue weighted by Gasteiger charge is 2.26. The molecule has 0 rings (SSSR count). The molecule has 0 saturated carbocycles. The van der Waals surface area contributed by atoms with Gasteiger partial charge in [0.1, 0.15) is 6.61 Å². The highest BCUT2D eigenvalue weighted by atomic mass is 31.2. The molecule has 0 aromatic rings. The van der Waals surface area contributed by atoms with E-state index in [4.69, 9.17) is 24.3 Å². The van der Waals surface area contributed by atoms with Crippen LogP contribution in [0.1, 0.15) is 284 Å². The molecule has 2 atom stereocenters. The first-order valence-electron chi connectivity index (χ1n) is 32.4. The van der Waals surface area contributed by atoms with Gasteiger partial charge in [0, 0.05) is 19.4 Å². The van der Waals surface area contributed by atoms with Crippen molar-refractivity contribution >= 4 is 19.8 Å². The first-order chi connectivity index (χ1) is 38.8. The third-order valence-electron chi connectivity index (χ3n) is 13.7.